The minimum absolute atomic E-state index is 0.0226. The van der Waals surface area contributed by atoms with Crippen LogP contribution in [0.1, 0.15) is 27.8 Å². The number of carbonyl (C=O) groups is 2. The Hall–Kier alpha value is -4.40. The molecule has 1 fully saturated rings. The van der Waals surface area contributed by atoms with Gasteiger partial charge in [-0.1, -0.05) is 23.8 Å². The standard InChI is InChI=1S/C32H29F3N2O9S2/c1-20-3-8-29(48(40,41)42)23(15-20)9-11-44-13-14-45-12-10-37-30(38)28(47-31(37)39)18-21-4-7-26(27(17-21)43-2)46-25-6-5-22(19-36)16-24(25)32(33,34)35/h3-8,15-18H,9-14H2,1-2H3,(H,40,41,42)/b28-18-. The molecule has 0 bridgehead atoms. The van der Waals surface area contributed by atoms with Gasteiger partial charge in [0.15, 0.2) is 11.5 Å². The van der Waals surface area contributed by atoms with Gasteiger partial charge >= 0.3 is 6.18 Å². The lowest BCUT2D eigenvalue weighted by atomic mass is 10.1. The molecule has 0 saturated carbocycles. The summed E-state index contributed by atoms with van der Waals surface area (Å²) in [5.41, 5.74) is 0.363. The highest BCUT2D eigenvalue weighted by Gasteiger charge is 2.36. The van der Waals surface area contributed by atoms with Crippen molar-refractivity contribution >= 4 is 39.1 Å². The van der Waals surface area contributed by atoms with E-state index >= 15 is 0 Å². The molecule has 0 unspecified atom stereocenters. The van der Waals surface area contributed by atoms with Gasteiger partial charge in [0, 0.05) is 0 Å². The van der Waals surface area contributed by atoms with E-state index in [2.05, 4.69) is 0 Å². The smallest absolute Gasteiger partial charge is 0.420 e. The van der Waals surface area contributed by atoms with Crippen LogP contribution in [0.5, 0.6) is 17.2 Å². The summed E-state index contributed by atoms with van der Waals surface area (Å²) < 4.78 is 95.1. The van der Waals surface area contributed by atoms with Crippen LogP contribution in [0.15, 0.2) is 64.4 Å². The SMILES string of the molecule is COc1cc(/C=C2\SC(=O)N(CCOCCOCCc3cc(C)ccc3S(=O)(=O)O)C2=O)ccc1Oc1ccc(C#N)cc1C(F)(F)F. The van der Waals surface area contributed by atoms with Crippen LogP contribution in [-0.2, 0) is 37.0 Å². The number of hydrogen-bond donors (Lipinski definition) is 1. The number of hydrogen-bond acceptors (Lipinski definition) is 10. The van der Waals surface area contributed by atoms with Crippen LogP contribution in [0.25, 0.3) is 6.08 Å². The minimum Gasteiger partial charge on any atom is -0.493 e. The molecule has 3 aromatic rings. The summed E-state index contributed by atoms with van der Waals surface area (Å²) in [4.78, 5) is 26.4. The molecule has 1 N–H and O–H groups in total. The maximum atomic E-state index is 13.6. The molecule has 0 spiro atoms. The van der Waals surface area contributed by atoms with Crippen molar-refractivity contribution in [3.05, 3.63) is 87.3 Å². The van der Waals surface area contributed by atoms with Gasteiger partial charge in [-0.05, 0) is 78.7 Å². The Morgan fingerprint density at radius 1 is 0.958 bits per heavy atom. The fraction of sp³-hybridized carbons (Fsp3) is 0.281. The molecule has 254 valence electrons. The molecular weight excluding hydrogens is 677 g/mol. The Bertz CT molecular complexity index is 1870. The van der Waals surface area contributed by atoms with E-state index in [9.17, 15) is 35.7 Å². The first kappa shape index (κ1) is 36.4. The third-order valence-electron chi connectivity index (χ3n) is 6.83. The van der Waals surface area contributed by atoms with Crippen LogP contribution < -0.4 is 9.47 Å². The number of carbonyl (C=O) groups excluding carboxylic acids is 2. The third-order valence-corrected chi connectivity index (χ3v) is 8.70. The number of halogens is 3. The first-order valence-corrected chi connectivity index (χ1v) is 16.4. The molecule has 1 heterocycles. The Balaban J connectivity index is 1.29. The molecule has 0 aromatic heterocycles. The number of nitrogens with zero attached hydrogens (tertiary/aromatic N) is 2. The molecule has 1 saturated heterocycles. The summed E-state index contributed by atoms with van der Waals surface area (Å²) in [6, 6.07) is 13.4. The van der Waals surface area contributed by atoms with Crippen molar-refractivity contribution in [3.8, 4) is 23.3 Å². The van der Waals surface area contributed by atoms with E-state index in [0.29, 0.717) is 29.0 Å². The largest absolute Gasteiger partial charge is 0.493 e. The lowest BCUT2D eigenvalue weighted by molar-refractivity contribution is -0.138. The molecule has 16 heteroatoms. The second-order valence-corrected chi connectivity index (χ2v) is 12.6. The first-order valence-electron chi connectivity index (χ1n) is 14.2. The molecule has 0 atom stereocenters. The Kier molecular flexibility index (Phi) is 11.9. The number of benzene rings is 3. The van der Waals surface area contributed by atoms with E-state index < -0.39 is 38.8 Å². The number of aryl methyl sites for hydroxylation is 1. The first-order chi connectivity index (χ1) is 22.7. The molecule has 11 nitrogen and oxygen atoms in total. The van der Waals surface area contributed by atoms with Crippen LogP contribution in [0, 0.1) is 18.3 Å². The molecule has 1 aliphatic heterocycles. The lowest BCUT2D eigenvalue weighted by Crippen LogP contribution is -2.31. The molecule has 2 amide bonds. The third kappa shape index (κ3) is 9.36. The van der Waals surface area contributed by atoms with E-state index in [-0.39, 0.29) is 66.3 Å². The van der Waals surface area contributed by atoms with E-state index in [1.807, 2.05) is 0 Å². The van der Waals surface area contributed by atoms with Crippen LogP contribution >= 0.6 is 11.8 Å². The zero-order valence-corrected chi connectivity index (χ0v) is 27.2. The molecule has 0 aliphatic carbocycles. The van der Waals surface area contributed by atoms with Gasteiger partial charge in [-0.25, -0.2) is 0 Å². The average molecular weight is 707 g/mol. The monoisotopic (exact) mass is 706 g/mol. The van der Waals surface area contributed by atoms with Crippen molar-refractivity contribution < 1.29 is 54.7 Å². The zero-order chi connectivity index (χ0) is 35.1. The maximum Gasteiger partial charge on any atom is 0.420 e. The van der Waals surface area contributed by atoms with E-state index in [0.717, 1.165) is 16.5 Å². The fourth-order valence-electron chi connectivity index (χ4n) is 4.55. The number of amides is 2. The normalized spacial score (nSPS) is 14.4. The molecular formula is C32H29F3N2O9S2. The van der Waals surface area contributed by atoms with Gasteiger partial charge in [-0.3, -0.25) is 19.0 Å². The summed E-state index contributed by atoms with van der Waals surface area (Å²) in [6.07, 6.45) is -3.09. The summed E-state index contributed by atoms with van der Waals surface area (Å²) in [7, 11) is -3.07. The van der Waals surface area contributed by atoms with E-state index in [1.165, 1.54) is 43.5 Å². The zero-order valence-electron chi connectivity index (χ0n) is 25.6. The van der Waals surface area contributed by atoms with E-state index in [1.54, 1.807) is 25.1 Å². The van der Waals surface area contributed by atoms with Crippen molar-refractivity contribution in [1.29, 1.82) is 5.26 Å². The second kappa shape index (κ2) is 15.7. The summed E-state index contributed by atoms with van der Waals surface area (Å²) in [6.45, 7) is 2.29. The predicted molar refractivity (Wildman–Crippen MR) is 168 cm³/mol. The Morgan fingerprint density at radius 3 is 2.33 bits per heavy atom. The van der Waals surface area contributed by atoms with Gasteiger partial charge < -0.3 is 18.9 Å². The Labute approximate surface area is 278 Å². The highest BCUT2D eigenvalue weighted by Crippen LogP contribution is 2.41. The molecule has 1 aliphatic rings. The van der Waals surface area contributed by atoms with Crippen molar-refractivity contribution in [3.63, 3.8) is 0 Å². The van der Waals surface area contributed by atoms with Crippen LogP contribution in [0.4, 0.5) is 18.0 Å². The minimum atomic E-state index is -4.78. The van der Waals surface area contributed by atoms with Gasteiger partial charge in [-0.2, -0.15) is 26.9 Å². The quantitative estimate of drug-likeness (QED) is 0.115. The highest BCUT2D eigenvalue weighted by atomic mass is 32.2. The number of thioether (sulfide) groups is 1. The van der Waals surface area contributed by atoms with Crippen LogP contribution in [-0.4, -0.2) is 69.1 Å². The van der Waals surface area contributed by atoms with Crippen molar-refractivity contribution in [1.82, 2.24) is 4.90 Å². The maximum absolute atomic E-state index is 13.6. The number of nitriles is 1. The summed E-state index contributed by atoms with van der Waals surface area (Å²) >= 11 is 0.716. The number of imide groups is 1. The van der Waals surface area contributed by atoms with Crippen LogP contribution in [0.3, 0.4) is 0 Å². The molecule has 48 heavy (non-hydrogen) atoms. The number of methoxy groups -OCH3 is 1. The average Bonchev–Trinajstić information content (AvgIpc) is 3.29. The van der Waals surface area contributed by atoms with Crippen molar-refractivity contribution in [2.24, 2.45) is 0 Å². The van der Waals surface area contributed by atoms with Gasteiger partial charge in [0.1, 0.15) is 5.75 Å². The predicted octanol–water partition coefficient (Wildman–Crippen LogP) is 6.25. The topological polar surface area (TPSA) is 152 Å². The lowest BCUT2D eigenvalue weighted by Gasteiger charge is -2.16. The summed E-state index contributed by atoms with van der Waals surface area (Å²) in [5.74, 6) is -1.06. The summed E-state index contributed by atoms with van der Waals surface area (Å²) in [5, 5.41) is 8.47. The molecule has 4 rings (SSSR count). The number of rotatable bonds is 14. The second-order valence-electron chi connectivity index (χ2n) is 10.2. The van der Waals surface area contributed by atoms with Gasteiger partial charge in [0.2, 0.25) is 0 Å². The molecule has 0 radical (unpaired) electrons. The van der Waals surface area contributed by atoms with Gasteiger partial charge in [0.25, 0.3) is 21.3 Å². The van der Waals surface area contributed by atoms with Crippen molar-refractivity contribution in [2.45, 2.75) is 24.4 Å². The molecule has 3 aromatic carbocycles. The van der Waals surface area contributed by atoms with Gasteiger partial charge in [0.05, 0.1) is 67.1 Å². The fourth-order valence-corrected chi connectivity index (χ4v) is 6.14. The van der Waals surface area contributed by atoms with Crippen molar-refractivity contribution in [2.75, 3.05) is 40.1 Å². The van der Waals surface area contributed by atoms with Gasteiger partial charge in [-0.15, -0.1) is 0 Å². The Morgan fingerprint density at radius 2 is 1.67 bits per heavy atom. The van der Waals surface area contributed by atoms with Crippen LogP contribution in [0.2, 0.25) is 0 Å². The highest BCUT2D eigenvalue weighted by molar-refractivity contribution is 8.18. The van der Waals surface area contributed by atoms with E-state index in [4.69, 9.17) is 24.2 Å². The number of alkyl halides is 3. The number of ether oxygens (including phenoxy) is 4.